The number of rotatable bonds is 5. The summed E-state index contributed by atoms with van der Waals surface area (Å²) in [4.78, 5) is 22.8. The molecule has 0 aromatic heterocycles. The van der Waals surface area contributed by atoms with E-state index < -0.39 is 11.4 Å². The fourth-order valence-electron chi connectivity index (χ4n) is 2.56. The Labute approximate surface area is 101 Å². The molecule has 0 aromatic rings. The van der Waals surface area contributed by atoms with Gasteiger partial charge in [-0.05, 0) is 38.3 Å². The Morgan fingerprint density at radius 1 is 1.41 bits per heavy atom. The van der Waals surface area contributed by atoms with Crippen LogP contribution in [0.2, 0.25) is 0 Å². The van der Waals surface area contributed by atoms with Crippen molar-refractivity contribution in [3.8, 4) is 0 Å². The third kappa shape index (κ3) is 2.77. The van der Waals surface area contributed by atoms with E-state index in [0.29, 0.717) is 31.7 Å². The lowest BCUT2D eigenvalue weighted by Crippen LogP contribution is -2.47. The maximum atomic E-state index is 11.7. The number of nitrogens with one attached hydrogen (secondary N) is 2. The van der Waals surface area contributed by atoms with E-state index in [1.165, 1.54) is 0 Å². The normalized spacial score (nSPS) is 26.2. The third-order valence-electron chi connectivity index (χ3n) is 4.02. The van der Waals surface area contributed by atoms with E-state index in [-0.39, 0.29) is 5.91 Å². The molecule has 96 valence electrons. The largest absolute Gasteiger partial charge is 0.481 e. The molecule has 1 amide bonds. The molecular formula is C12H20N2O3. The number of carboxylic acids is 1. The minimum absolute atomic E-state index is 0.00812. The van der Waals surface area contributed by atoms with Crippen LogP contribution < -0.4 is 10.6 Å². The zero-order chi connectivity index (χ0) is 12.3. The highest BCUT2D eigenvalue weighted by atomic mass is 16.4. The molecule has 1 heterocycles. The molecule has 2 rings (SSSR count). The summed E-state index contributed by atoms with van der Waals surface area (Å²) in [5.41, 5.74) is -0.677. The van der Waals surface area contributed by atoms with E-state index in [2.05, 4.69) is 10.6 Å². The van der Waals surface area contributed by atoms with Crippen molar-refractivity contribution >= 4 is 11.9 Å². The van der Waals surface area contributed by atoms with Crippen molar-refractivity contribution in [3.63, 3.8) is 0 Å². The van der Waals surface area contributed by atoms with Gasteiger partial charge in [0.15, 0.2) is 0 Å². The summed E-state index contributed by atoms with van der Waals surface area (Å²) < 4.78 is 0. The van der Waals surface area contributed by atoms with Gasteiger partial charge in [0.25, 0.3) is 0 Å². The lowest BCUT2D eigenvalue weighted by molar-refractivity contribution is -0.154. The highest BCUT2D eigenvalue weighted by Crippen LogP contribution is 2.40. The molecule has 0 spiro atoms. The zero-order valence-corrected chi connectivity index (χ0v) is 10.00. The Morgan fingerprint density at radius 3 is 2.65 bits per heavy atom. The van der Waals surface area contributed by atoms with E-state index in [1.54, 1.807) is 0 Å². The maximum Gasteiger partial charge on any atom is 0.311 e. The first-order chi connectivity index (χ1) is 8.12. The Balaban J connectivity index is 1.73. The van der Waals surface area contributed by atoms with Gasteiger partial charge in [-0.25, -0.2) is 0 Å². The van der Waals surface area contributed by atoms with Crippen LogP contribution in [0.1, 0.15) is 32.1 Å². The summed E-state index contributed by atoms with van der Waals surface area (Å²) in [6.45, 7) is 2.18. The van der Waals surface area contributed by atoms with Crippen molar-refractivity contribution in [2.45, 2.75) is 32.1 Å². The van der Waals surface area contributed by atoms with Crippen LogP contribution in [0, 0.1) is 11.3 Å². The fraction of sp³-hybridized carbons (Fsp3) is 0.833. The molecule has 5 nitrogen and oxygen atoms in total. The average Bonchev–Trinajstić information content (AvgIpc) is 2.68. The van der Waals surface area contributed by atoms with Gasteiger partial charge in [-0.3, -0.25) is 9.59 Å². The highest BCUT2D eigenvalue weighted by Gasteiger charge is 2.44. The second kappa shape index (κ2) is 5.04. The van der Waals surface area contributed by atoms with Gasteiger partial charge in [0.05, 0.1) is 5.41 Å². The first-order valence-corrected chi connectivity index (χ1v) is 6.33. The topological polar surface area (TPSA) is 78.4 Å². The van der Waals surface area contributed by atoms with Crippen molar-refractivity contribution in [3.05, 3.63) is 0 Å². The molecule has 0 bridgehead atoms. The van der Waals surface area contributed by atoms with E-state index in [9.17, 15) is 9.59 Å². The van der Waals surface area contributed by atoms with E-state index in [4.69, 9.17) is 5.11 Å². The number of aliphatic carboxylic acids is 1. The summed E-state index contributed by atoms with van der Waals surface area (Å²) in [5, 5.41) is 15.1. The molecule has 3 N–H and O–H groups in total. The zero-order valence-electron chi connectivity index (χ0n) is 10.00. The van der Waals surface area contributed by atoms with Crippen LogP contribution in [0.25, 0.3) is 0 Å². The molecular weight excluding hydrogens is 220 g/mol. The monoisotopic (exact) mass is 240 g/mol. The Bertz CT molecular complexity index is 307. The molecule has 1 aliphatic heterocycles. The second-order valence-electron chi connectivity index (χ2n) is 5.28. The van der Waals surface area contributed by atoms with Crippen LogP contribution in [-0.2, 0) is 9.59 Å². The van der Waals surface area contributed by atoms with Crippen molar-refractivity contribution < 1.29 is 14.7 Å². The van der Waals surface area contributed by atoms with E-state index >= 15 is 0 Å². The smallest absolute Gasteiger partial charge is 0.311 e. The minimum atomic E-state index is -0.772. The molecule has 1 aliphatic carbocycles. The van der Waals surface area contributed by atoms with Gasteiger partial charge < -0.3 is 15.7 Å². The lowest BCUT2D eigenvalue weighted by atomic mass is 9.69. The molecule has 5 heteroatoms. The van der Waals surface area contributed by atoms with Crippen molar-refractivity contribution in [2.24, 2.45) is 11.3 Å². The summed E-state index contributed by atoms with van der Waals surface area (Å²) in [5.74, 6) is -0.366. The van der Waals surface area contributed by atoms with Crippen LogP contribution in [0.4, 0.5) is 0 Å². The van der Waals surface area contributed by atoms with Gasteiger partial charge >= 0.3 is 5.97 Å². The Kier molecular flexibility index (Phi) is 3.66. The standard InChI is InChI=1S/C12H20N2O3/c15-10(6-9-2-5-13-7-9)14-8-12(11(16)17)3-1-4-12/h9,13H,1-8H2,(H,14,15)(H,16,17). The van der Waals surface area contributed by atoms with Crippen molar-refractivity contribution in [1.82, 2.24) is 10.6 Å². The molecule has 0 radical (unpaired) electrons. The fourth-order valence-corrected chi connectivity index (χ4v) is 2.56. The average molecular weight is 240 g/mol. The van der Waals surface area contributed by atoms with Gasteiger partial charge in [0.2, 0.25) is 5.91 Å². The molecule has 2 aliphatic rings. The molecule has 2 fully saturated rings. The van der Waals surface area contributed by atoms with Gasteiger partial charge in [-0.1, -0.05) is 6.42 Å². The summed E-state index contributed by atoms with van der Waals surface area (Å²) in [6, 6.07) is 0. The van der Waals surface area contributed by atoms with E-state index in [0.717, 1.165) is 25.9 Å². The van der Waals surface area contributed by atoms with Crippen LogP contribution in [0.5, 0.6) is 0 Å². The summed E-state index contributed by atoms with van der Waals surface area (Å²) in [7, 11) is 0. The predicted molar refractivity (Wildman–Crippen MR) is 62.5 cm³/mol. The maximum absolute atomic E-state index is 11.7. The summed E-state index contributed by atoms with van der Waals surface area (Å²) >= 11 is 0. The molecule has 1 saturated heterocycles. The first-order valence-electron chi connectivity index (χ1n) is 6.33. The van der Waals surface area contributed by atoms with E-state index in [1.807, 2.05) is 0 Å². The molecule has 1 atom stereocenters. The van der Waals surface area contributed by atoms with Gasteiger partial charge in [0.1, 0.15) is 0 Å². The number of hydrogen-bond acceptors (Lipinski definition) is 3. The second-order valence-corrected chi connectivity index (χ2v) is 5.28. The van der Waals surface area contributed by atoms with Gasteiger partial charge in [-0.15, -0.1) is 0 Å². The predicted octanol–water partition coefficient (Wildman–Crippen LogP) is 0.357. The lowest BCUT2D eigenvalue weighted by Gasteiger charge is -2.37. The van der Waals surface area contributed by atoms with Crippen LogP contribution >= 0.6 is 0 Å². The van der Waals surface area contributed by atoms with Gasteiger partial charge in [0, 0.05) is 13.0 Å². The molecule has 0 aromatic carbocycles. The number of carbonyl (C=O) groups is 2. The number of hydrogen-bond donors (Lipinski definition) is 3. The van der Waals surface area contributed by atoms with Gasteiger partial charge in [-0.2, -0.15) is 0 Å². The molecule has 17 heavy (non-hydrogen) atoms. The molecule has 1 unspecified atom stereocenters. The van der Waals surface area contributed by atoms with Crippen LogP contribution in [-0.4, -0.2) is 36.6 Å². The van der Waals surface area contributed by atoms with Crippen LogP contribution in [0.3, 0.4) is 0 Å². The minimum Gasteiger partial charge on any atom is -0.481 e. The third-order valence-corrected chi connectivity index (χ3v) is 4.02. The molecule has 1 saturated carbocycles. The highest BCUT2D eigenvalue weighted by molar-refractivity contribution is 5.79. The van der Waals surface area contributed by atoms with Crippen LogP contribution in [0.15, 0.2) is 0 Å². The number of carboxylic acid groups (broad SMARTS) is 1. The summed E-state index contributed by atoms with van der Waals surface area (Å²) in [6.07, 6.45) is 3.89. The Hall–Kier alpha value is -1.10. The quantitative estimate of drug-likeness (QED) is 0.648. The SMILES string of the molecule is O=C(CC1CCNC1)NCC1(C(=O)O)CCC1. The Morgan fingerprint density at radius 2 is 2.18 bits per heavy atom. The van der Waals surface area contributed by atoms with Crippen molar-refractivity contribution in [2.75, 3.05) is 19.6 Å². The number of carbonyl (C=O) groups excluding carboxylic acids is 1. The first kappa shape index (κ1) is 12.4. The van der Waals surface area contributed by atoms with Crippen molar-refractivity contribution in [1.29, 1.82) is 0 Å². The number of amides is 1.